The zero-order valence-electron chi connectivity index (χ0n) is 17.3. The van der Waals surface area contributed by atoms with Crippen molar-refractivity contribution in [2.45, 2.75) is 18.9 Å². The summed E-state index contributed by atoms with van der Waals surface area (Å²) in [6.07, 6.45) is 6.17. The van der Waals surface area contributed by atoms with Gasteiger partial charge in [0.25, 0.3) is 0 Å². The van der Waals surface area contributed by atoms with Gasteiger partial charge in [0.15, 0.2) is 0 Å². The summed E-state index contributed by atoms with van der Waals surface area (Å²) in [4.78, 5) is 14.7. The molecule has 1 unspecified atom stereocenters. The van der Waals surface area contributed by atoms with Crippen molar-refractivity contribution in [3.05, 3.63) is 59.7 Å². The normalized spacial score (nSPS) is 16.6. The smallest absolute Gasteiger partial charge is 0.247 e. The molecule has 0 saturated carbocycles. The maximum Gasteiger partial charge on any atom is 0.247 e. The molecule has 2 aromatic rings. The van der Waals surface area contributed by atoms with Crippen LogP contribution in [0.25, 0.3) is 6.08 Å². The topological polar surface area (TPSA) is 84.9 Å². The van der Waals surface area contributed by atoms with Crippen LogP contribution in [0, 0.1) is 0 Å². The molecule has 0 spiro atoms. The molecule has 1 aliphatic rings. The lowest BCUT2D eigenvalue weighted by atomic mass is 10.0. The number of sulfonamides is 1. The van der Waals surface area contributed by atoms with Gasteiger partial charge < -0.3 is 14.4 Å². The Hall–Kier alpha value is -3.00. The van der Waals surface area contributed by atoms with E-state index in [4.69, 9.17) is 9.47 Å². The Labute approximate surface area is 177 Å². The number of ether oxygens (including phenoxy) is 2. The van der Waals surface area contributed by atoms with Crippen LogP contribution < -0.4 is 14.2 Å². The van der Waals surface area contributed by atoms with Crippen molar-refractivity contribution in [2.24, 2.45) is 0 Å². The van der Waals surface area contributed by atoms with Crippen molar-refractivity contribution in [3.63, 3.8) is 0 Å². The van der Waals surface area contributed by atoms with Gasteiger partial charge >= 0.3 is 0 Å². The molecule has 1 atom stereocenters. The van der Waals surface area contributed by atoms with Crippen LogP contribution in [0.1, 0.15) is 30.0 Å². The predicted octanol–water partition coefficient (Wildman–Crippen LogP) is 3.45. The Kier molecular flexibility index (Phi) is 6.66. The Morgan fingerprint density at radius 3 is 2.50 bits per heavy atom. The molecule has 0 radical (unpaired) electrons. The van der Waals surface area contributed by atoms with Crippen LogP contribution in [-0.4, -0.2) is 46.2 Å². The summed E-state index contributed by atoms with van der Waals surface area (Å²) in [7, 11) is -0.0983. The van der Waals surface area contributed by atoms with Crippen molar-refractivity contribution in [2.75, 3.05) is 31.7 Å². The van der Waals surface area contributed by atoms with Crippen molar-refractivity contribution >= 4 is 27.7 Å². The first-order valence-corrected chi connectivity index (χ1v) is 11.5. The maximum absolute atomic E-state index is 12.9. The van der Waals surface area contributed by atoms with Gasteiger partial charge in [-0.05, 0) is 48.7 Å². The van der Waals surface area contributed by atoms with Crippen LogP contribution in [0.5, 0.6) is 11.5 Å². The fourth-order valence-electron chi connectivity index (χ4n) is 3.59. The van der Waals surface area contributed by atoms with Crippen LogP contribution in [0.3, 0.4) is 0 Å². The third kappa shape index (κ3) is 5.33. The summed E-state index contributed by atoms with van der Waals surface area (Å²) in [5.74, 6) is 1.34. The van der Waals surface area contributed by atoms with Crippen molar-refractivity contribution in [1.29, 1.82) is 0 Å². The van der Waals surface area contributed by atoms with E-state index in [1.807, 2.05) is 23.1 Å². The van der Waals surface area contributed by atoms with Gasteiger partial charge in [-0.3, -0.25) is 9.52 Å². The summed E-state index contributed by atoms with van der Waals surface area (Å²) in [5, 5.41) is 0. The van der Waals surface area contributed by atoms with Crippen LogP contribution in [0.4, 0.5) is 5.69 Å². The number of hydrogen-bond donors (Lipinski definition) is 1. The van der Waals surface area contributed by atoms with Crippen molar-refractivity contribution in [1.82, 2.24) is 4.90 Å². The highest BCUT2D eigenvalue weighted by atomic mass is 32.2. The van der Waals surface area contributed by atoms with Crippen LogP contribution in [0.15, 0.2) is 48.5 Å². The number of nitrogens with one attached hydrogen (secondary N) is 1. The molecular formula is C22H26N2O5S. The molecule has 1 heterocycles. The monoisotopic (exact) mass is 430 g/mol. The first kappa shape index (κ1) is 21.7. The first-order valence-electron chi connectivity index (χ1n) is 9.59. The highest BCUT2D eigenvalue weighted by Crippen LogP contribution is 2.38. The van der Waals surface area contributed by atoms with Crippen molar-refractivity contribution in [3.8, 4) is 11.5 Å². The van der Waals surface area contributed by atoms with E-state index in [0.717, 1.165) is 30.2 Å². The van der Waals surface area contributed by atoms with E-state index in [-0.39, 0.29) is 11.9 Å². The van der Waals surface area contributed by atoms with Gasteiger partial charge in [-0.2, -0.15) is 0 Å². The van der Waals surface area contributed by atoms with E-state index < -0.39 is 10.0 Å². The van der Waals surface area contributed by atoms with E-state index in [1.54, 1.807) is 50.6 Å². The minimum absolute atomic E-state index is 0.0515. The molecule has 1 saturated heterocycles. The fraction of sp³-hybridized carbons (Fsp3) is 0.318. The van der Waals surface area contributed by atoms with E-state index in [1.165, 1.54) is 0 Å². The van der Waals surface area contributed by atoms with E-state index >= 15 is 0 Å². The van der Waals surface area contributed by atoms with E-state index in [9.17, 15) is 13.2 Å². The molecule has 7 nitrogen and oxygen atoms in total. The Morgan fingerprint density at radius 1 is 1.13 bits per heavy atom. The summed E-state index contributed by atoms with van der Waals surface area (Å²) >= 11 is 0. The number of likely N-dealkylation sites (tertiary alicyclic amines) is 1. The average Bonchev–Trinajstić information content (AvgIpc) is 3.21. The lowest BCUT2D eigenvalue weighted by molar-refractivity contribution is -0.126. The molecule has 1 fully saturated rings. The number of benzene rings is 2. The van der Waals surface area contributed by atoms with Crippen LogP contribution in [-0.2, 0) is 14.8 Å². The fourth-order valence-corrected chi connectivity index (χ4v) is 4.15. The van der Waals surface area contributed by atoms with Gasteiger partial charge in [0.1, 0.15) is 11.5 Å². The molecule has 1 amide bonds. The van der Waals surface area contributed by atoms with E-state index in [2.05, 4.69) is 4.72 Å². The number of methoxy groups -OCH3 is 2. The first-order chi connectivity index (χ1) is 14.3. The van der Waals surface area contributed by atoms with Gasteiger partial charge in [0.05, 0.1) is 26.5 Å². The number of rotatable bonds is 7. The quantitative estimate of drug-likeness (QED) is 0.680. The Balaban J connectivity index is 1.73. The summed E-state index contributed by atoms with van der Waals surface area (Å²) < 4.78 is 35.8. The average molecular weight is 431 g/mol. The van der Waals surface area contributed by atoms with Gasteiger partial charge in [-0.1, -0.05) is 12.1 Å². The van der Waals surface area contributed by atoms with Gasteiger partial charge in [0.2, 0.25) is 15.9 Å². The SMILES string of the molecule is COc1ccc(C2CCCN2C(=O)/C=C/c2ccc(NS(C)(=O)=O)cc2)c(OC)c1. The summed E-state index contributed by atoms with van der Waals surface area (Å²) in [6, 6.07) is 12.4. The van der Waals surface area contributed by atoms with Crippen molar-refractivity contribution < 1.29 is 22.7 Å². The van der Waals surface area contributed by atoms with Gasteiger partial charge in [0, 0.05) is 29.9 Å². The second-order valence-corrected chi connectivity index (χ2v) is 8.88. The predicted molar refractivity (Wildman–Crippen MR) is 117 cm³/mol. The molecule has 0 aliphatic carbocycles. The standard InChI is InChI=1S/C22H26N2O5S/c1-28-18-11-12-19(21(15-18)29-2)20-5-4-14-24(20)22(25)13-8-16-6-9-17(10-7-16)23-30(3,26)27/h6-13,15,20,23H,4-5,14H2,1-3H3/b13-8+. The highest BCUT2D eigenvalue weighted by Gasteiger charge is 2.31. The second kappa shape index (κ2) is 9.21. The minimum atomic E-state index is -3.32. The number of amides is 1. The van der Waals surface area contributed by atoms with Crippen LogP contribution >= 0.6 is 0 Å². The summed E-state index contributed by atoms with van der Waals surface area (Å²) in [5.41, 5.74) is 2.25. The minimum Gasteiger partial charge on any atom is -0.497 e. The zero-order valence-corrected chi connectivity index (χ0v) is 18.1. The number of nitrogens with zero attached hydrogens (tertiary/aromatic N) is 1. The number of carbonyl (C=O) groups is 1. The third-order valence-electron chi connectivity index (χ3n) is 4.97. The molecule has 1 N–H and O–H groups in total. The molecule has 0 bridgehead atoms. The highest BCUT2D eigenvalue weighted by molar-refractivity contribution is 7.92. The molecule has 30 heavy (non-hydrogen) atoms. The molecule has 1 aliphatic heterocycles. The van der Waals surface area contributed by atoms with Gasteiger partial charge in [-0.25, -0.2) is 8.42 Å². The number of anilines is 1. The second-order valence-electron chi connectivity index (χ2n) is 7.13. The molecular weight excluding hydrogens is 404 g/mol. The third-order valence-corrected chi connectivity index (χ3v) is 5.57. The van der Waals surface area contributed by atoms with E-state index in [0.29, 0.717) is 23.7 Å². The lowest BCUT2D eigenvalue weighted by Gasteiger charge is -2.25. The van der Waals surface area contributed by atoms with Gasteiger partial charge in [-0.15, -0.1) is 0 Å². The molecule has 8 heteroatoms. The zero-order chi connectivity index (χ0) is 21.7. The largest absolute Gasteiger partial charge is 0.497 e. The molecule has 2 aromatic carbocycles. The lowest BCUT2D eigenvalue weighted by Crippen LogP contribution is -2.29. The Morgan fingerprint density at radius 2 is 1.87 bits per heavy atom. The number of hydrogen-bond acceptors (Lipinski definition) is 5. The molecule has 3 rings (SSSR count). The Bertz CT molecular complexity index is 1030. The maximum atomic E-state index is 12.9. The van der Waals surface area contributed by atoms with Crippen LogP contribution in [0.2, 0.25) is 0 Å². The number of carbonyl (C=O) groups excluding carboxylic acids is 1. The molecule has 0 aromatic heterocycles. The molecule has 160 valence electrons. The summed E-state index contributed by atoms with van der Waals surface area (Å²) in [6.45, 7) is 0.681.